The number of ether oxygens (including phenoxy) is 3. The van der Waals surface area contributed by atoms with Crippen LogP contribution in [0.4, 0.5) is 0 Å². The number of hydrogen-bond acceptors (Lipinski definition) is 6. The average Bonchev–Trinajstić information content (AvgIpc) is 3.41. The molecule has 6 heteroatoms. The summed E-state index contributed by atoms with van der Waals surface area (Å²) in [6.45, 7) is 6.53. The summed E-state index contributed by atoms with van der Waals surface area (Å²) in [4.78, 5) is 38.4. The zero-order valence-corrected chi connectivity index (χ0v) is 49.8. The van der Waals surface area contributed by atoms with Crippen LogP contribution in [0.3, 0.4) is 0 Å². The fourth-order valence-electron chi connectivity index (χ4n) is 9.35. The Labute approximate surface area is 465 Å². The van der Waals surface area contributed by atoms with Crippen LogP contribution in [0.15, 0.2) is 72.9 Å². The van der Waals surface area contributed by atoms with Crippen LogP contribution in [0.2, 0.25) is 0 Å². The number of hydrogen-bond donors (Lipinski definition) is 0. The van der Waals surface area contributed by atoms with E-state index >= 15 is 0 Å². The zero-order valence-electron chi connectivity index (χ0n) is 49.8. The van der Waals surface area contributed by atoms with Crippen LogP contribution in [0.5, 0.6) is 0 Å². The van der Waals surface area contributed by atoms with Gasteiger partial charge >= 0.3 is 17.9 Å². The molecule has 0 N–H and O–H groups in total. The molecule has 0 rings (SSSR count). The molecule has 0 heterocycles. The molecule has 0 aromatic rings. The monoisotopic (exact) mass is 1050 g/mol. The first-order valence-corrected chi connectivity index (χ1v) is 32.4. The van der Waals surface area contributed by atoms with Gasteiger partial charge in [-0.2, -0.15) is 0 Å². The Morgan fingerprint density at radius 2 is 0.520 bits per heavy atom. The van der Waals surface area contributed by atoms with E-state index in [2.05, 4.69) is 93.7 Å². The molecule has 6 nitrogen and oxygen atoms in total. The van der Waals surface area contributed by atoms with Crippen LogP contribution in [0.25, 0.3) is 0 Å². The summed E-state index contributed by atoms with van der Waals surface area (Å²) < 4.78 is 16.9. The summed E-state index contributed by atoms with van der Waals surface area (Å²) in [5.41, 5.74) is 0. The molecule has 0 bridgehead atoms. The fraction of sp³-hybridized carbons (Fsp3) is 0.783. The zero-order chi connectivity index (χ0) is 54.3. The van der Waals surface area contributed by atoms with Crippen LogP contribution < -0.4 is 0 Å². The molecule has 434 valence electrons. The SMILES string of the molecule is CC/C=C\C/C=C\C/C=C\C/C=C\CCCCCCC(=O)OCC(COC(=O)CCCCCCCCCCCCCCCCCCCCCCC)OC(=O)CCCCCCCCCCC/C=C\C/C=C\CCCCC. The van der Waals surface area contributed by atoms with E-state index in [1.807, 2.05) is 0 Å². The molecule has 0 radical (unpaired) electrons. The minimum Gasteiger partial charge on any atom is -0.462 e. The minimum atomic E-state index is -0.788. The van der Waals surface area contributed by atoms with E-state index in [-0.39, 0.29) is 31.1 Å². The van der Waals surface area contributed by atoms with Crippen molar-refractivity contribution in [3.8, 4) is 0 Å². The summed E-state index contributed by atoms with van der Waals surface area (Å²) in [5.74, 6) is -0.894. The lowest BCUT2D eigenvalue weighted by Gasteiger charge is -2.18. The van der Waals surface area contributed by atoms with Gasteiger partial charge in [-0.3, -0.25) is 14.4 Å². The molecule has 75 heavy (non-hydrogen) atoms. The Morgan fingerprint density at radius 1 is 0.280 bits per heavy atom. The second-order valence-electron chi connectivity index (χ2n) is 21.6. The Bertz CT molecular complexity index is 1390. The number of rotatable bonds is 59. The van der Waals surface area contributed by atoms with Crippen molar-refractivity contribution in [2.75, 3.05) is 13.2 Å². The van der Waals surface area contributed by atoms with Crippen LogP contribution in [-0.4, -0.2) is 37.2 Å². The first-order chi connectivity index (χ1) is 37.0. The van der Waals surface area contributed by atoms with Crippen molar-refractivity contribution in [3.63, 3.8) is 0 Å². The quantitative estimate of drug-likeness (QED) is 0.0261. The highest BCUT2D eigenvalue weighted by molar-refractivity contribution is 5.71. The molecule has 0 amide bonds. The van der Waals surface area contributed by atoms with Gasteiger partial charge < -0.3 is 14.2 Å². The van der Waals surface area contributed by atoms with Crippen molar-refractivity contribution in [2.45, 2.75) is 335 Å². The molecule has 0 fully saturated rings. The second kappa shape index (κ2) is 63.4. The molecule has 0 aromatic heterocycles. The third-order valence-electron chi connectivity index (χ3n) is 14.2. The van der Waals surface area contributed by atoms with Crippen LogP contribution in [0.1, 0.15) is 329 Å². The first-order valence-electron chi connectivity index (χ1n) is 32.4. The molecule has 1 unspecified atom stereocenters. The maximum atomic E-state index is 12.9. The number of unbranched alkanes of at least 4 members (excludes halogenated alkanes) is 36. The van der Waals surface area contributed by atoms with Crippen LogP contribution in [-0.2, 0) is 28.6 Å². The first kappa shape index (κ1) is 71.8. The number of allylic oxidation sites excluding steroid dienone is 12. The highest BCUT2D eigenvalue weighted by Crippen LogP contribution is 2.17. The van der Waals surface area contributed by atoms with E-state index < -0.39 is 6.10 Å². The lowest BCUT2D eigenvalue weighted by Crippen LogP contribution is -2.30. The standard InChI is InChI=1S/C69H122O6/c1-4-7-10-13-16-19-22-25-28-31-33-34-36-38-41-44-47-50-53-56-59-62-68(71)74-65-66(64-73-67(70)61-58-55-52-49-46-43-40-37-30-27-24-21-18-15-12-9-6-3)75-69(72)63-60-57-54-51-48-45-42-39-35-32-29-26-23-20-17-14-11-8-5-2/h9,12,17-18,20-21,26-27,29-30,40,43,66H,4-8,10-11,13-16,19,22-25,28,31-39,41-42,44-65H2,1-3H3/b12-9-,20-17-,21-18-,29-26-,30-27-,43-40-. The Hall–Kier alpha value is -3.15. The molecule has 0 aliphatic heterocycles. The lowest BCUT2D eigenvalue weighted by molar-refractivity contribution is -0.167. The maximum absolute atomic E-state index is 12.9. The predicted molar refractivity (Wildman–Crippen MR) is 325 cm³/mol. The van der Waals surface area contributed by atoms with Crippen molar-refractivity contribution in [1.82, 2.24) is 0 Å². The highest BCUT2D eigenvalue weighted by Gasteiger charge is 2.19. The summed E-state index contributed by atoms with van der Waals surface area (Å²) in [5, 5.41) is 0. The number of carbonyl (C=O) groups excluding carboxylic acids is 3. The topological polar surface area (TPSA) is 78.9 Å². The van der Waals surface area contributed by atoms with Gasteiger partial charge in [0.2, 0.25) is 0 Å². The average molecular weight is 1050 g/mol. The van der Waals surface area contributed by atoms with Gasteiger partial charge in [0.1, 0.15) is 13.2 Å². The Balaban J connectivity index is 4.37. The largest absolute Gasteiger partial charge is 0.462 e. The second-order valence-corrected chi connectivity index (χ2v) is 21.6. The van der Waals surface area contributed by atoms with Gasteiger partial charge in [-0.05, 0) is 89.9 Å². The summed E-state index contributed by atoms with van der Waals surface area (Å²) in [7, 11) is 0. The molecule has 1 atom stereocenters. The summed E-state index contributed by atoms with van der Waals surface area (Å²) in [6, 6.07) is 0. The van der Waals surface area contributed by atoms with E-state index in [1.54, 1.807) is 0 Å². The molecule has 0 saturated heterocycles. The van der Waals surface area contributed by atoms with Gasteiger partial charge in [0.05, 0.1) is 0 Å². The molecule has 0 spiro atoms. The van der Waals surface area contributed by atoms with Gasteiger partial charge in [-0.25, -0.2) is 0 Å². The van der Waals surface area contributed by atoms with Crippen molar-refractivity contribution in [3.05, 3.63) is 72.9 Å². The summed E-state index contributed by atoms with van der Waals surface area (Å²) >= 11 is 0. The van der Waals surface area contributed by atoms with E-state index in [9.17, 15) is 14.4 Å². The number of esters is 3. The third kappa shape index (κ3) is 61.6. The normalized spacial score (nSPS) is 12.5. The molecular formula is C69H122O6. The lowest BCUT2D eigenvalue weighted by atomic mass is 10.0. The van der Waals surface area contributed by atoms with E-state index in [0.29, 0.717) is 19.3 Å². The fourth-order valence-corrected chi connectivity index (χ4v) is 9.35. The van der Waals surface area contributed by atoms with Gasteiger partial charge in [-0.1, -0.05) is 293 Å². The predicted octanol–water partition coefficient (Wildman–Crippen LogP) is 22.1. The Morgan fingerprint density at radius 3 is 0.840 bits per heavy atom. The smallest absolute Gasteiger partial charge is 0.306 e. The van der Waals surface area contributed by atoms with Crippen LogP contribution in [0, 0.1) is 0 Å². The van der Waals surface area contributed by atoms with Gasteiger partial charge in [0.15, 0.2) is 6.10 Å². The minimum absolute atomic E-state index is 0.0821. The van der Waals surface area contributed by atoms with E-state index in [0.717, 1.165) is 103 Å². The molecule has 0 aromatic carbocycles. The maximum Gasteiger partial charge on any atom is 0.306 e. The number of carbonyl (C=O) groups is 3. The molecule has 0 aliphatic rings. The van der Waals surface area contributed by atoms with E-state index in [4.69, 9.17) is 14.2 Å². The van der Waals surface area contributed by atoms with Gasteiger partial charge in [-0.15, -0.1) is 0 Å². The van der Waals surface area contributed by atoms with Crippen molar-refractivity contribution in [1.29, 1.82) is 0 Å². The third-order valence-corrected chi connectivity index (χ3v) is 14.2. The molecule has 0 saturated carbocycles. The van der Waals surface area contributed by atoms with Crippen molar-refractivity contribution >= 4 is 17.9 Å². The van der Waals surface area contributed by atoms with Gasteiger partial charge in [0, 0.05) is 19.3 Å². The Kier molecular flexibility index (Phi) is 60.7. The molecule has 0 aliphatic carbocycles. The highest BCUT2D eigenvalue weighted by atomic mass is 16.6. The molecular weight excluding hydrogens is 925 g/mol. The van der Waals surface area contributed by atoms with Crippen molar-refractivity contribution in [2.24, 2.45) is 0 Å². The van der Waals surface area contributed by atoms with Crippen molar-refractivity contribution < 1.29 is 28.6 Å². The van der Waals surface area contributed by atoms with Crippen LogP contribution >= 0.6 is 0 Å². The van der Waals surface area contributed by atoms with Gasteiger partial charge in [0.25, 0.3) is 0 Å². The summed E-state index contributed by atoms with van der Waals surface area (Å²) in [6.07, 6.45) is 81.9. The van der Waals surface area contributed by atoms with E-state index in [1.165, 1.54) is 186 Å².